The van der Waals surface area contributed by atoms with E-state index in [9.17, 15) is 0 Å². The van der Waals surface area contributed by atoms with Crippen LogP contribution in [0.2, 0.25) is 0 Å². The van der Waals surface area contributed by atoms with Gasteiger partial charge in [-0.2, -0.15) is 0 Å². The molecular formula is C17H29N. The van der Waals surface area contributed by atoms with Gasteiger partial charge >= 0.3 is 0 Å². The van der Waals surface area contributed by atoms with Gasteiger partial charge in [0, 0.05) is 6.04 Å². The van der Waals surface area contributed by atoms with E-state index in [1.165, 1.54) is 23.1 Å². The summed E-state index contributed by atoms with van der Waals surface area (Å²) in [7, 11) is 0. The smallest absolute Gasteiger partial charge is 0.0300 e. The Labute approximate surface area is 113 Å². The predicted molar refractivity (Wildman–Crippen MR) is 80.7 cm³/mol. The Bertz CT molecular complexity index is 387. The van der Waals surface area contributed by atoms with E-state index in [4.69, 9.17) is 5.73 Å². The van der Waals surface area contributed by atoms with Gasteiger partial charge in [-0.3, -0.25) is 0 Å². The third kappa shape index (κ3) is 4.81. The first-order valence-corrected chi connectivity index (χ1v) is 7.02. The highest BCUT2D eigenvalue weighted by atomic mass is 14.6. The van der Waals surface area contributed by atoms with Gasteiger partial charge in [0.25, 0.3) is 0 Å². The molecule has 1 rings (SSSR count). The Morgan fingerprint density at radius 3 is 2.28 bits per heavy atom. The molecule has 2 atom stereocenters. The molecule has 0 fully saturated rings. The highest BCUT2D eigenvalue weighted by molar-refractivity contribution is 5.32. The van der Waals surface area contributed by atoms with Crippen molar-refractivity contribution >= 4 is 0 Å². The van der Waals surface area contributed by atoms with Gasteiger partial charge in [0.05, 0.1) is 0 Å². The molecule has 18 heavy (non-hydrogen) atoms. The Kier molecular flexibility index (Phi) is 4.98. The van der Waals surface area contributed by atoms with Crippen molar-refractivity contribution in [2.45, 2.75) is 60.4 Å². The van der Waals surface area contributed by atoms with E-state index < -0.39 is 0 Å². The van der Waals surface area contributed by atoms with Gasteiger partial charge in [-0.05, 0) is 49.1 Å². The van der Waals surface area contributed by atoms with Crippen LogP contribution < -0.4 is 5.73 Å². The minimum atomic E-state index is 0.169. The van der Waals surface area contributed by atoms with Gasteiger partial charge in [-0.25, -0.2) is 0 Å². The molecule has 0 heterocycles. The summed E-state index contributed by atoms with van der Waals surface area (Å²) in [6.45, 7) is 13.5. The van der Waals surface area contributed by atoms with E-state index in [1.807, 2.05) is 0 Å². The third-order valence-corrected chi connectivity index (χ3v) is 3.44. The van der Waals surface area contributed by atoms with E-state index in [1.54, 1.807) is 0 Å². The number of hydrogen-bond acceptors (Lipinski definition) is 1. The van der Waals surface area contributed by atoms with Crippen molar-refractivity contribution in [1.82, 2.24) is 0 Å². The summed E-state index contributed by atoms with van der Waals surface area (Å²) < 4.78 is 0. The SMILES string of the molecule is Cc1ccc(C(N)CC(C)CC(C)(C)C)c(C)c1. The maximum Gasteiger partial charge on any atom is 0.0300 e. The van der Waals surface area contributed by atoms with E-state index >= 15 is 0 Å². The van der Waals surface area contributed by atoms with Gasteiger partial charge < -0.3 is 5.73 Å². The van der Waals surface area contributed by atoms with E-state index in [0.29, 0.717) is 11.3 Å². The molecule has 2 unspecified atom stereocenters. The van der Waals surface area contributed by atoms with Gasteiger partial charge in [0.2, 0.25) is 0 Å². The fourth-order valence-electron chi connectivity index (χ4n) is 2.93. The molecule has 0 spiro atoms. The quantitative estimate of drug-likeness (QED) is 0.815. The van der Waals surface area contributed by atoms with Crippen LogP contribution in [0.4, 0.5) is 0 Å². The number of benzene rings is 1. The minimum absolute atomic E-state index is 0.169. The average Bonchev–Trinajstić information content (AvgIpc) is 2.13. The lowest BCUT2D eigenvalue weighted by Gasteiger charge is -2.26. The highest BCUT2D eigenvalue weighted by Gasteiger charge is 2.18. The fraction of sp³-hybridized carbons (Fsp3) is 0.647. The summed E-state index contributed by atoms with van der Waals surface area (Å²) in [6.07, 6.45) is 2.30. The molecule has 102 valence electrons. The van der Waals surface area contributed by atoms with Crippen molar-refractivity contribution < 1.29 is 0 Å². The van der Waals surface area contributed by atoms with Crippen LogP contribution >= 0.6 is 0 Å². The molecule has 1 heteroatoms. The first-order valence-electron chi connectivity index (χ1n) is 7.02. The molecule has 0 saturated heterocycles. The Morgan fingerprint density at radius 2 is 1.78 bits per heavy atom. The van der Waals surface area contributed by atoms with Crippen LogP contribution in [0.15, 0.2) is 18.2 Å². The second-order valence-corrected chi connectivity index (χ2v) is 7.07. The molecule has 0 radical (unpaired) electrons. The maximum absolute atomic E-state index is 6.37. The molecular weight excluding hydrogens is 218 g/mol. The number of rotatable bonds is 4. The molecule has 0 aromatic heterocycles. The van der Waals surface area contributed by atoms with Crippen LogP contribution in [0, 0.1) is 25.2 Å². The molecule has 2 N–H and O–H groups in total. The third-order valence-electron chi connectivity index (χ3n) is 3.44. The zero-order chi connectivity index (χ0) is 13.9. The highest BCUT2D eigenvalue weighted by Crippen LogP contribution is 2.30. The van der Waals surface area contributed by atoms with Crippen molar-refractivity contribution in [2.24, 2.45) is 17.1 Å². The van der Waals surface area contributed by atoms with Crippen LogP contribution in [0.1, 0.15) is 63.3 Å². The van der Waals surface area contributed by atoms with E-state index in [0.717, 1.165) is 6.42 Å². The zero-order valence-electron chi connectivity index (χ0n) is 12.9. The largest absolute Gasteiger partial charge is 0.324 e. The molecule has 0 aliphatic heterocycles. The lowest BCUT2D eigenvalue weighted by molar-refractivity contribution is 0.286. The molecule has 1 nitrogen and oxygen atoms in total. The minimum Gasteiger partial charge on any atom is -0.324 e. The molecule has 0 bridgehead atoms. The predicted octanol–water partition coefficient (Wildman–Crippen LogP) is 4.77. The zero-order valence-corrected chi connectivity index (χ0v) is 12.9. The second kappa shape index (κ2) is 5.88. The topological polar surface area (TPSA) is 26.0 Å². The normalized spacial score (nSPS) is 15.5. The van der Waals surface area contributed by atoms with Crippen LogP contribution in [0.25, 0.3) is 0 Å². The van der Waals surface area contributed by atoms with Gasteiger partial charge in [0.1, 0.15) is 0 Å². The summed E-state index contributed by atoms with van der Waals surface area (Å²) >= 11 is 0. The molecule has 0 aliphatic carbocycles. The lowest BCUT2D eigenvalue weighted by Crippen LogP contribution is -2.18. The summed E-state index contributed by atoms with van der Waals surface area (Å²) in [6, 6.07) is 6.75. The summed E-state index contributed by atoms with van der Waals surface area (Å²) in [4.78, 5) is 0. The second-order valence-electron chi connectivity index (χ2n) is 7.07. The fourth-order valence-corrected chi connectivity index (χ4v) is 2.93. The van der Waals surface area contributed by atoms with E-state index in [-0.39, 0.29) is 6.04 Å². The Hall–Kier alpha value is -0.820. The molecule has 0 saturated carbocycles. The monoisotopic (exact) mass is 247 g/mol. The van der Waals surface area contributed by atoms with Gasteiger partial charge in [0.15, 0.2) is 0 Å². The summed E-state index contributed by atoms with van der Waals surface area (Å²) in [5.41, 5.74) is 10.7. The first-order chi connectivity index (χ1) is 8.19. The Balaban J connectivity index is 2.67. The van der Waals surface area contributed by atoms with Crippen LogP contribution in [-0.4, -0.2) is 0 Å². The van der Waals surface area contributed by atoms with Crippen LogP contribution in [0.5, 0.6) is 0 Å². The van der Waals surface area contributed by atoms with E-state index in [2.05, 4.69) is 59.7 Å². The van der Waals surface area contributed by atoms with Gasteiger partial charge in [-0.1, -0.05) is 51.5 Å². The molecule has 1 aromatic rings. The van der Waals surface area contributed by atoms with Crippen molar-refractivity contribution in [3.8, 4) is 0 Å². The van der Waals surface area contributed by atoms with Crippen molar-refractivity contribution in [1.29, 1.82) is 0 Å². The average molecular weight is 247 g/mol. The van der Waals surface area contributed by atoms with Crippen molar-refractivity contribution in [3.05, 3.63) is 34.9 Å². The Morgan fingerprint density at radius 1 is 1.17 bits per heavy atom. The van der Waals surface area contributed by atoms with Crippen molar-refractivity contribution in [2.75, 3.05) is 0 Å². The van der Waals surface area contributed by atoms with Crippen LogP contribution in [-0.2, 0) is 0 Å². The lowest BCUT2D eigenvalue weighted by atomic mass is 9.82. The molecule has 0 aliphatic rings. The number of hydrogen-bond donors (Lipinski definition) is 1. The number of nitrogens with two attached hydrogens (primary N) is 1. The summed E-state index contributed by atoms with van der Waals surface area (Å²) in [5.74, 6) is 0.667. The molecule has 0 amide bonds. The maximum atomic E-state index is 6.37. The first kappa shape index (κ1) is 15.2. The standard InChI is InChI=1S/C17H29N/c1-12-7-8-15(14(3)9-12)16(18)10-13(2)11-17(4,5)6/h7-9,13,16H,10-11,18H2,1-6H3. The van der Waals surface area contributed by atoms with Gasteiger partial charge in [-0.15, -0.1) is 0 Å². The number of aryl methyl sites for hydroxylation is 2. The molecule has 1 aromatic carbocycles. The van der Waals surface area contributed by atoms with Crippen molar-refractivity contribution in [3.63, 3.8) is 0 Å². The summed E-state index contributed by atoms with van der Waals surface area (Å²) in [5, 5.41) is 0. The van der Waals surface area contributed by atoms with Crippen LogP contribution in [0.3, 0.4) is 0 Å².